The van der Waals surface area contributed by atoms with E-state index in [-0.39, 0.29) is 17.7 Å². The van der Waals surface area contributed by atoms with Crippen LogP contribution in [0.1, 0.15) is 38.7 Å². The Bertz CT molecular complexity index is 1370. The topological polar surface area (TPSA) is 109 Å². The molecule has 0 bridgehead atoms. The number of carbonyl (C=O) groups excluding carboxylic acids is 2. The average Bonchev–Trinajstić information content (AvgIpc) is 3.55. The SMILES string of the molecule is CNC(=O)c1n[nH]c2cc(-c3cnc(OC)c(C(=O)NC[C@@H]4C[C@@H]4c4ccccc4)c3)ccc12. The minimum absolute atomic E-state index is 0.213. The van der Waals surface area contributed by atoms with Gasteiger partial charge in [0.05, 0.1) is 12.6 Å². The van der Waals surface area contributed by atoms with Crippen LogP contribution < -0.4 is 15.4 Å². The molecule has 172 valence electrons. The van der Waals surface area contributed by atoms with Crippen LogP contribution in [0.15, 0.2) is 60.8 Å². The summed E-state index contributed by atoms with van der Waals surface area (Å²) in [6.45, 7) is 0.605. The Morgan fingerprint density at radius 2 is 1.91 bits per heavy atom. The van der Waals surface area contributed by atoms with Gasteiger partial charge in [-0.05, 0) is 47.6 Å². The minimum Gasteiger partial charge on any atom is -0.480 e. The van der Waals surface area contributed by atoms with Gasteiger partial charge in [-0.25, -0.2) is 4.98 Å². The number of aromatic nitrogens is 3. The van der Waals surface area contributed by atoms with E-state index in [1.807, 2.05) is 36.4 Å². The van der Waals surface area contributed by atoms with Gasteiger partial charge in [-0.2, -0.15) is 5.10 Å². The number of rotatable bonds is 7. The van der Waals surface area contributed by atoms with E-state index >= 15 is 0 Å². The van der Waals surface area contributed by atoms with Crippen LogP contribution in [0.2, 0.25) is 0 Å². The summed E-state index contributed by atoms with van der Waals surface area (Å²) < 4.78 is 5.35. The fourth-order valence-electron chi connectivity index (χ4n) is 4.33. The van der Waals surface area contributed by atoms with Gasteiger partial charge in [0.1, 0.15) is 5.56 Å². The summed E-state index contributed by atoms with van der Waals surface area (Å²) >= 11 is 0. The first kappa shape index (κ1) is 21.6. The van der Waals surface area contributed by atoms with Gasteiger partial charge < -0.3 is 15.4 Å². The number of pyridine rings is 1. The van der Waals surface area contributed by atoms with Crippen molar-refractivity contribution in [3.8, 4) is 17.0 Å². The van der Waals surface area contributed by atoms with Crippen molar-refractivity contribution in [2.75, 3.05) is 20.7 Å². The molecule has 2 amide bonds. The maximum atomic E-state index is 13.0. The number of nitrogens with one attached hydrogen (secondary N) is 3. The van der Waals surface area contributed by atoms with Crippen LogP contribution in [-0.2, 0) is 0 Å². The zero-order chi connectivity index (χ0) is 23.7. The Hall–Kier alpha value is -4.20. The zero-order valence-electron chi connectivity index (χ0n) is 19.0. The lowest BCUT2D eigenvalue weighted by Crippen LogP contribution is -2.26. The van der Waals surface area contributed by atoms with E-state index in [4.69, 9.17) is 4.74 Å². The largest absolute Gasteiger partial charge is 0.480 e. The number of ether oxygens (including phenoxy) is 1. The van der Waals surface area contributed by atoms with E-state index in [2.05, 4.69) is 37.9 Å². The fourth-order valence-corrected chi connectivity index (χ4v) is 4.33. The molecule has 2 aromatic heterocycles. The molecule has 1 saturated carbocycles. The normalized spacial score (nSPS) is 16.8. The van der Waals surface area contributed by atoms with E-state index in [1.165, 1.54) is 12.7 Å². The summed E-state index contributed by atoms with van der Waals surface area (Å²) in [6, 6.07) is 17.8. The van der Waals surface area contributed by atoms with Gasteiger partial charge in [0.15, 0.2) is 5.69 Å². The molecule has 0 unspecified atom stereocenters. The molecule has 0 saturated heterocycles. The van der Waals surface area contributed by atoms with Crippen LogP contribution in [0, 0.1) is 5.92 Å². The Morgan fingerprint density at radius 1 is 1.09 bits per heavy atom. The molecule has 2 atom stereocenters. The molecule has 3 N–H and O–H groups in total. The van der Waals surface area contributed by atoms with E-state index in [9.17, 15) is 9.59 Å². The van der Waals surface area contributed by atoms with Crippen LogP contribution in [0.4, 0.5) is 0 Å². The monoisotopic (exact) mass is 455 g/mol. The molecule has 5 rings (SSSR count). The van der Waals surface area contributed by atoms with Gasteiger partial charge in [-0.15, -0.1) is 0 Å². The summed E-state index contributed by atoms with van der Waals surface area (Å²) in [7, 11) is 3.07. The van der Waals surface area contributed by atoms with Crippen molar-refractivity contribution in [3.05, 3.63) is 77.6 Å². The Morgan fingerprint density at radius 3 is 2.68 bits per heavy atom. The molecular weight excluding hydrogens is 430 g/mol. The lowest BCUT2D eigenvalue weighted by molar-refractivity contribution is 0.0943. The third-order valence-corrected chi connectivity index (χ3v) is 6.30. The predicted octanol–water partition coefficient (Wildman–Crippen LogP) is 3.53. The number of benzene rings is 2. The number of H-pyrrole nitrogens is 1. The molecule has 34 heavy (non-hydrogen) atoms. The van der Waals surface area contributed by atoms with E-state index in [0.29, 0.717) is 29.6 Å². The molecule has 0 spiro atoms. The minimum atomic E-state index is -0.255. The van der Waals surface area contributed by atoms with Gasteiger partial charge in [0.25, 0.3) is 11.8 Å². The fraction of sp³-hybridized carbons (Fsp3) is 0.231. The van der Waals surface area contributed by atoms with Crippen LogP contribution in [0.5, 0.6) is 5.88 Å². The maximum Gasteiger partial charge on any atom is 0.272 e. The third kappa shape index (κ3) is 4.10. The van der Waals surface area contributed by atoms with Crippen LogP contribution in [0.25, 0.3) is 22.0 Å². The second-order valence-corrected chi connectivity index (χ2v) is 8.42. The van der Waals surface area contributed by atoms with Crippen molar-refractivity contribution in [1.29, 1.82) is 0 Å². The lowest BCUT2D eigenvalue weighted by atomic mass is 10.0. The number of hydrogen-bond donors (Lipinski definition) is 3. The van der Waals surface area contributed by atoms with Gasteiger partial charge in [-0.1, -0.05) is 36.4 Å². The number of nitrogens with zero attached hydrogens (tertiary/aromatic N) is 2. The van der Waals surface area contributed by atoms with Crippen molar-refractivity contribution in [1.82, 2.24) is 25.8 Å². The molecule has 2 aromatic carbocycles. The lowest BCUT2D eigenvalue weighted by Gasteiger charge is -2.11. The maximum absolute atomic E-state index is 13.0. The molecule has 1 aliphatic carbocycles. The number of methoxy groups -OCH3 is 1. The molecule has 8 heteroatoms. The van der Waals surface area contributed by atoms with Crippen molar-refractivity contribution in [2.45, 2.75) is 12.3 Å². The highest BCUT2D eigenvalue weighted by Crippen LogP contribution is 2.46. The number of hydrogen-bond acceptors (Lipinski definition) is 5. The third-order valence-electron chi connectivity index (χ3n) is 6.30. The van der Waals surface area contributed by atoms with Gasteiger partial charge in [-0.3, -0.25) is 14.7 Å². The van der Waals surface area contributed by atoms with Gasteiger partial charge in [0, 0.05) is 30.7 Å². The van der Waals surface area contributed by atoms with Crippen molar-refractivity contribution >= 4 is 22.7 Å². The van der Waals surface area contributed by atoms with Gasteiger partial charge in [0.2, 0.25) is 5.88 Å². The second kappa shape index (κ2) is 8.97. The summed E-state index contributed by atoms with van der Waals surface area (Å²) in [5.41, 5.74) is 4.36. The summed E-state index contributed by atoms with van der Waals surface area (Å²) in [4.78, 5) is 29.4. The first-order valence-corrected chi connectivity index (χ1v) is 11.2. The Balaban J connectivity index is 1.34. The number of aromatic amines is 1. The van der Waals surface area contributed by atoms with E-state index < -0.39 is 0 Å². The Kier molecular flexibility index (Phi) is 5.71. The highest BCUT2D eigenvalue weighted by Gasteiger charge is 2.38. The summed E-state index contributed by atoms with van der Waals surface area (Å²) in [5.74, 6) is 0.740. The molecule has 4 aromatic rings. The van der Waals surface area contributed by atoms with Crippen molar-refractivity contribution in [3.63, 3.8) is 0 Å². The zero-order valence-corrected chi connectivity index (χ0v) is 19.0. The highest BCUT2D eigenvalue weighted by molar-refractivity contribution is 6.05. The Labute approximate surface area is 196 Å². The molecule has 1 aliphatic rings. The average molecular weight is 456 g/mol. The van der Waals surface area contributed by atoms with E-state index in [1.54, 1.807) is 19.3 Å². The van der Waals surface area contributed by atoms with Crippen molar-refractivity contribution in [2.24, 2.45) is 5.92 Å². The predicted molar refractivity (Wildman–Crippen MR) is 129 cm³/mol. The molecular formula is C26H25N5O3. The second-order valence-electron chi connectivity index (χ2n) is 8.42. The first-order valence-electron chi connectivity index (χ1n) is 11.2. The first-order chi connectivity index (χ1) is 16.6. The van der Waals surface area contributed by atoms with Crippen LogP contribution in [0.3, 0.4) is 0 Å². The van der Waals surface area contributed by atoms with Crippen LogP contribution in [-0.4, -0.2) is 47.7 Å². The van der Waals surface area contributed by atoms with Gasteiger partial charge >= 0.3 is 0 Å². The quantitative estimate of drug-likeness (QED) is 0.395. The number of fused-ring (bicyclic) bond motifs is 1. The number of amides is 2. The summed E-state index contributed by atoms with van der Waals surface area (Å²) in [6.07, 6.45) is 2.74. The molecule has 8 nitrogen and oxygen atoms in total. The summed E-state index contributed by atoms with van der Waals surface area (Å²) in [5, 5.41) is 13.4. The molecule has 2 heterocycles. The highest BCUT2D eigenvalue weighted by atomic mass is 16.5. The van der Waals surface area contributed by atoms with Crippen molar-refractivity contribution < 1.29 is 14.3 Å². The smallest absolute Gasteiger partial charge is 0.272 e. The molecule has 0 aliphatic heterocycles. The van der Waals surface area contributed by atoms with E-state index in [0.717, 1.165) is 28.5 Å². The van der Waals surface area contributed by atoms with Crippen LogP contribution >= 0.6 is 0 Å². The number of carbonyl (C=O) groups is 2. The molecule has 1 fully saturated rings. The standard InChI is InChI=1S/C26H25N5O3/c1-27-25(33)23-19-9-8-16(12-22(19)30-31-23)17-10-21(26(34-2)29-13-17)24(32)28-14-18-11-20(18)15-6-4-3-5-7-15/h3-10,12-13,18,20H,11,14H2,1-2H3,(H,27,33)(H,28,32)(H,30,31)/t18-,20+/m0/s1. The molecule has 0 radical (unpaired) electrons.